The largest absolute Gasteiger partial charge is 0.481 e. The van der Waals surface area contributed by atoms with Crippen molar-refractivity contribution in [1.29, 1.82) is 0 Å². The number of aliphatic carboxylic acids is 2. The molecule has 0 aromatic rings. The van der Waals surface area contributed by atoms with Gasteiger partial charge in [0.2, 0.25) is 0 Å². The van der Waals surface area contributed by atoms with Crippen LogP contribution in [0.3, 0.4) is 0 Å². The van der Waals surface area contributed by atoms with Crippen molar-refractivity contribution in [3.63, 3.8) is 0 Å². The molecular formula is C28H62O11Si4. The van der Waals surface area contributed by atoms with Crippen molar-refractivity contribution in [2.24, 2.45) is 0 Å². The highest BCUT2D eigenvalue weighted by molar-refractivity contribution is 6.87. The van der Waals surface area contributed by atoms with Crippen LogP contribution in [-0.2, 0) is 36.9 Å². The number of rotatable bonds is 17. The van der Waals surface area contributed by atoms with Crippen molar-refractivity contribution in [3.05, 3.63) is 0 Å². The lowest BCUT2D eigenvalue weighted by Crippen LogP contribution is -2.46. The van der Waals surface area contributed by atoms with Crippen LogP contribution in [0.25, 0.3) is 0 Å². The number of carboxylic acid groups (broad SMARTS) is 2. The Morgan fingerprint density at radius 3 is 1.53 bits per heavy atom. The topological polar surface area (TPSA) is 177 Å². The molecule has 0 aliphatic rings. The zero-order valence-corrected chi connectivity index (χ0v) is 31.1. The van der Waals surface area contributed by atoms with Crippen molar-refractivity contribution < 1.29 is 61.1 Å². The molecule has 0 aromatic heterocycles. The molecule has 0 saturated carbocycles. The number of carboxylic acids is 2. The molecule has 0 fully saturated rings. The van der Waals surface area contributed by atoms with Gasteiger partial charge in [-0.15, -0.1) is 6.42 Å². The molecule has 256 valence electrons. The summed E-state index contributed by atoms with van der Waals surface area (Å²) in [5.74, 6) is 6.63. The maximum absolute atomic E-state index is 12.0. The Balaban J connectivity index is -0.0000000911. The Hall–Kier alpha value is -2.69. The van der Waals surface area contributed by atoms with Crippen LogP contribution in [0.5, 0.6) is 0 Å². The summed E-state index contributed by atoms with van der Waals surface area (Å²) in [6.45, 7) is 17.6. The average Bonchev–Trinajstić information content (AvgIpc) is 2.74. The third kappa shape index (κ3) is 29.2. The summed E-state index contributed by atoms with van der Waals surface area (Å²) in [4.78, 5) is 45.1. The number of hydrogen-bond donors (Lipinski definition) is 2. The Labute approximate surface area is 270 Å². The Bertz CT molecular complexity index is 1070. The molecule has 43 heavy (non-hydrogen) atoms. The molecule has 4 N–H and O–H groups in total. The van der Waals surface area contributed by atoms with Gasteiger partial charge in [0, 0.05) is 20.4 Å². The first-order valence-electron chi connectivity index (χ1n) is 13.8. The first-order valence-corrected chi connectivity index (χ1v) is 26.3. The zero-order chi connectivity index (χ0) is 33.0. The molecule has 11 nitrogen and oxygen atoms in total. The summed E-state index contributed by atoms with van der Waals surface area (Å²) in [5, 5.41) is 17.4. The summed E-state index contributed by atoms with van der Waals surface area (Å²) in [6, 6.07) is 0.451. The third-order valence-corrected chi connectivity index (χ3v) is 18.5. The molecule has 0 atom stereocenters. The van der Waals surface area contributed by atoms with Gasteiger partial charge in [0.1, 0.15) is 6.11 Å². The summed E-state index contributed by atoms with van der Waals surface area (Å²) in [7, 11) is -9.18. The first-order chi connectivity index (χ1) is 19.2. The number of hydrogen-bond acceptors (Lipinski definition) is 8. The van der Waals surface area contributed by atoms with E-state index < -0.39 is 51.2 Å². The van der Waals surface area contributed by atoms with E-state index in [1.54, 1.807) is 26.2 Å². The highest BCUT2D eigenvalue weighted by atomic mass is 28.4. The lowest BCUT2D eigenvalue weighted by molar-refractivity contribution is -0.141. The van der Waals surface area contributed by atoms with Gasteiger partial charge < -0.3 is 33.4 Å². The molecule has 0 radical (unpaired) electrons. The number of unbranched alkanes of at least 4 members (excludes halogenated alkanes) is 3. The molecule has 0 aromatic carbocycles. The van der Waals surface area contributed by atoms with Crippen LogP contribution in [0.2, 0.25) is 76.6 Å². The van der Waals surface area contributed by atoms with Crippen molar-refractivity contribution in [2.45, 2.75) is 109 Å². The molecular weight excluding hydrogens is 625 g/mol. The third-order valence-electron chi connectivity index (χ3n) is 5.07. The molecule has 0 aliphatic carbocycles. The summed E-state index contributed by atoms with van der Waals surface area (Å²) in [5.41, 5.74) is 0. The van der Waals surface area contributed by atoms with E-state index in [1.807, 2.05) is 26.2 Å². The van der Waals surface area contributed by atoms with Gasteiger partial charge in [0.15, 0.2) is 33.3 Å². The van der Waals surface area contributed by atoms with Gasteiger partial charge in [-0.1, -0.05) is 26.2 Å². The van der Waals surface area contributed by atoms with Gasteiger partial charge in [0.25, 0.3) is 0 Å². The van der Waals surface area contributed by atoms with E-state index >= 15 is 0 Å². The van der Waals surface area contributed by atoms with Crippen molar-refractivity contribution >= 4 is 57.1 Å². The zero-order valence-electron chi connectivity index (χ0n) is 27.1. The van der Waals surface area contributed by atoms with E-state index in [1.165, 1.54) is 0 Å². The molecule has 0 amide bonds. The average molecular weight is 687 g/mol. The molecule has 0 heterocycles. The normalized spacial score (nSPS) is 11.0. The molecule has 15 heteroatoms. The van der Waals surface area contributed by atoms with Gasteiger partial charge in [-0.25, -0.2) is 0 Å². The Kier molecular flexibility index (Phi) is 22.8. The van der Waals surface area contributed by atoms with Gasteiger partial charge >= 0.3 is 23.9 Å². The number of terminal acetylenes is 1. The SMILES string of the molecule is C#CC#CC#COC(=O)C[Si](C)(C)O[Si](C)(C)CC(=O)OCCCCCC.C[Si](C)(CC(=O)O)O[Si](C)(C)CC(=O)O.O.[HH].[HH].[HH].[HH].[HH].[HH]. The predicted molar refractivity (Wildman–Crippen MR) is 188 cm³/mol. The summed E-state index contributed by atoms with van der Waals surface area (Å²) in [6.07, 6.45) is 11.4. The van der Waals surface area contributed by atoms with E-state index in [0.29, 0.717) is 6.61 Å². The Morgan fingerprint density at radius 1 is 0.674 bits per heavy atom. The number of carbonyl (C=O) groups is 4. The standard InChI is InChI=1S/C20H30O5Si2.C8H18O5Si2.H2O.6H2/c1-7-9-11-13-15-23-19(21)17-26(3,4)25-27(5,6)18-20(22)24-16-14-12-10-8-2;1-14(2,5-7(9)10)13-15(3,4)6-8(11)12;;;;;;;/h1H,8,10,12,14,16-18H2,2-6H3;5-6H2,1-4H3,(H,9,10)(H,11,12);1H2;6*1H. The van der Waals surface area contributed by atoms with Crippen LogP contribution >= 0.6 is 0 Å². The van der Waals surface area contributed by atoms with E-state index in [2.05, 4.69) is 36.7 Å². The fourth-order valence-corrected chi connectivity index (χ4v) is 20.2. The highest BCUT2D eigenvalue weighted by Gasteiger charge is 2.38. The second-order valence-corrected chi connectivity index (χ2v) is 29.2. The lowest BCUT2D eigenvalue weighted by Gasteiger charge is -2.32. The van der Waals surface area contributed by atoms with Gasteiger partial charge in [0.05, 0.1) is 30.8 Å². The molecule has 0 aliphatic heterocycles. The van der Waals surface area contributed by atoms with E-state index in [-0.39, 0.29) is 44.2 Å². The van der Waals surface area contributed by atoms with Crippen molar-refractivity contribution in [2.75, 3.05) is 6.61 Å². The van der Waals surface area contributed by atoms with Crippen LogP contribution < -0.4 is 0 Å². The molecule has 0 spiro atoms. The molecule has 0 unspecified atom stereocenters. The lowest BCUT2D eigenvalue weighted by atomic mass is 10.2. The quantitative estimate of drug-likeness (QED) is 0.0809. The van der Waals surface area contributed by atoms with E-state index in [9.17, 15) is 19.2 Å². The minimum atomic E-state index is -2.35. The van der Waals surface area contributed by atoms with Crippen molar-refractivity contribution in [3.8, 4) is 36.2 Å². The second kappa shape index (κ2) is 21.9. The van der Waals surface area contributed by atoms with Gasteiger partial charge in [-0.05, 0) is 70.6 Å². The number of carbonyl (C=O) groups excluding carboxylic acids is 2. The van der Waals surface area contributed by atoms with Gasteiger partial charge in [-0.2, -0.15) is 0 Å². The summed E-state index contributed by atoms with van der Waals surface area (Å²) < 4.78 is 22.1. The van der Waals surface area contributed by atoms with Crippen LogP contribution in [0.15, 0.2) is 0 Å². The van der Waals surface area contributed by atoms with Crippen molar-refractivity contribution in [1.82, 2.24) is 0 Å². The highest BCUT2D eigenvalue weighted by Crippen LogP contribution is 2.23. The minimum Gasteiger partial charge on any atom is -0.481 e. The van der Waals surface area contributed by atoms with E-state index in [4.69, 9.17) is 34.3 Å². The first kappa shape index (κ1) is 44.7. The van der Waals surface area contributed by atoms with Gasteiger partial charge in [-0.3, -0.25) is 19.2 Å². The minimum absolute atomic E-state index is 0. The maximum atomic E-state index is 12.0. The Morgan fingerprint density at radius 2 is 1.12 bits per heavy atom. The maximum Gasteiger partial charge on any atom is 0.319 e. The fourth-order valence-electron chi connectivity index (χ4n) is 4.04. The molecule has 0 rings (SSSR count). The molecule has 0 saturated heterocycles. The molecule has 0 bridgehead atoms. The van der Waals surface area contributed by atoms with Crippen LogP contribution in [0.4, 0.5) is 0 Å². The van der Waals surface area contributed by atoms with Crippen LogP contribution in [0.1, 0.15) is 41.2 Å². The second-order valence-electron chi connectivity index (χ2n) is 12.1. The van der Waals surface area contributed by atoms with Crippen LogP contribution in [0, 0.1) is 36.2 Å². The smallest absolute Gasteiger partial charge is 0.319 e. The summed E-state index contributed by atoms with van der Waals surface area (Å²) >= 11 is 0. The number of ether oxygens (including phenoxy) is 2. The monoisotopic (exact) mass is 686 g/mol. The van der Waals surface area contributed by atoms with Crippen LogP contribution in [-0.4, -0.2) is 79.4 Å². The van der Waals surface area contributed by atoms with E-state index in [0.717, 1.165) is 25.7 Å². The number of esters is 2. The predicted octanol–water partition coefficient (Wildman–Crippen LogP) is 5.91. The fraction of sp³-hybridized carbons (Fsp3) is 0.643.